The zero-order valence-corrected chi connectivity index (χ0v) is 17.4. The molecule has 0 saturated heterocycles. The van der Waals surface area contributed by atoms with Crippen LogP contribution in [-0.2, 0) is 4.79 Å². The first-order chi connectivity index (χ1) is 14.5. The normalized spacial score (nSPS) is 31.6. The lowest BCUT2D eigenvalue weighted by atomic mass is 9.47. The Morgan fingerprint density at radius 3 is 2.63 bits per heavy atom. The first-order valence-electron chi connectivity index (χ1n) is 11.1. The van der Waals surface area contributed by atoms with Gasteiger partial charge >= 0.3 is 0 Å². The zero-order valence-electron chi connectivity index (χ0n) is 17.4. The second-order valence-electron chi connectivity index (χ2n) is 9.49. The molecule has 1 heterocycles. The van der Waals surface area contributed by atoms with E-state index in [0.717, 1.165) is 49.4 Å². The van der Waals surface area contributed by atoms with Crippen LogP contribution in [0.25, 0.3) is 10.9 Å². The maximum atomic E-state index is 13.1. The minimum absolute atomic E-state index is 0.102. The molecule has 4 saturated carbocycles. The van der Waals surface area contributed by atoms with Gasteiger partial charge in [-0.25, -0.2) is 4.98 Å². The summed E-state index contributed by atoms with van der Waals surface area (Å²) in [7, 11) is 0. The molecule has 6 heteroatoms. The molecular weight excluding hydrogens is 378 g/mol. The molecule has 0 spiro atoms. The molecule has 4 aliphatic carbocycles. The molecule has 2 amide bonds. The number of benzene rings is 1. The summed E-state index contributed by atoms with van der Waals surface area (Å²) < 4.78 is 5.83. The van der Waals surface area contributed by atoms with E-state index in [1.54, 1.807) is 6.07 Å². The van der Waals surface area contributed by atoms with Crippen molar-refractivity contribution < 1.29 is 14.3 Å². The molecule has 0 aliphatic heterocycles. The molecule has 2 aromatic rings. The number of carbonyl (C=O) groups is 2. The fourth-order valence-corrected chi connectivity index (χ4v) is 6.36. The summed E-state index contributed by atoms with van der Waals surface area (Å²) in [5.74, 6) is 1.64. The summed E-state index contributed by atoms with van der Waals surface area (Å²) >= 11 is 0. The molecule has 4 fully saturated rings. The van der Waals surface area contributed by atoms with E-state index in [2.05, 4.69) is 17.2 Å². The number of para-hydroxylation sites is 1. The number of amides is 2. The number of nitrogens with one attached hydrogen (secondary N) is 1. The quantitative estimate of drug-likeness (QED) is 0.767. The Balaban J connectivity index is 1.37. The topological polar surface area (TPSA) is 94.3 Å². The highest BCUT2D eigenvalue weighted by molar-refractivity contribution is 5.96. The van der Waals surface area contributed by atoms with Crippen molar-refractivity contribution in [3.8, 4) is 5.75 Å². The average molecular weight is 408 g/mol. The van der Waals surface area contributed by atoms with Gasteiger partial charge in [-0.15, -0.1) is 0 Å². The third kappa shape index (κ3) is 3.13. The van der Waals surface area contributed by atoms with Crippen LogP contribution in [-0.4, -0.2) is 29.4 Å². The van der Waals surface area contributed by atoms with Crippen LogP contribution in [0, 0.1) is 23.2 Å². The monoisotopic (exact) mass is 407 g/mol. The average Bonchev–Trinajstić information content (AvgIpc) is 2.73. The third-order valence-corrected chi connectivity index (χ3v) is 7.47. The largest absolute Gasteiger partial charge is 0.491 e. The number of pyridine rings is 1. The number of carbonyl (C=O) groups excluding carboxylic acids is 2. The van der Waals surface area contributed by atoms with E-state index in [9.17, 15) is 9.59 Å². The van der Waals surface area contributed by atoms with Crippen LogP contribution in [0.5, 0.6) is 5.75 Å². The van der Waals surface area contributed by atoms with Crippen molar-refractivity contribution in [3.05, 3.63) is 36.0 Å². The molecule has 4 bridgehead atoms. The van der Waals surface area contributed by atoms with Crippen LogP contribution in [0.4, 0.5) is 0 Å². The number of nitrogens with zero attached hydrogens (tertiary/aromatic N) is 1. The summed E-state index contributed by atoms with van der Waals surface area (Å²) in [6, 6.07) is 9.62. The zero-order chi connectivity index (χ0) is 20.9. The number of primary amides is 1. The van der Waals surface area contributed by atoms with Crippen LogP contribution in [0.15, 0.2) is 30.3 Å². The fraction of sp³-hybridized carbons (Fsp3) is 0.542. The summed E-state index contributed by atoms with van der Waals surface area (Å²) in [6.45, 7) is 2.68. The van der Waals surface area contributed by atoms with Gasteiger partial charge in [-0.2, -0.15) is 0 Å². The number of nitrogens with two attached hydrogens (primary N) is 1. The van der Waals surface area contributed by atoms with Crippen LogP contribution < -0.4 is 15.8 Å². The number of fused-ring (bicyclic) bond motifs is 1. The fourth-order valence-electron chi connectivity index (χ4n) is 6.36. The second kappa shape index (κ2) is 7.25. The van der Waals surface area contributed by atoms with Gasteiger partial charge < -0.3 is 15.8 Å². The summed E-state index contributed by atoms with van der Waals surface area (Å²) in [5.41, 5.74) is 6.57. The van der Waals surface area contributed by atoms with Crippen molar-refractivity contribution in [3.63, 3.8) is 0 Å². The molecule has 6 nitrogen and oxygen atoms in total. The van der Waals surface area contributed by atoms with Gasteiger partial charge in [0.05, 0.1) is 6.61 Å². The molecule has 0 radical (unpaired) electrons. The first kappa shape index (κ1) is 19.3. The van der Waals surface area contributed by atoms with Gasteiger partial charge in [0.1, 0.15) is 17.0 Å². The lowest BCUT2D eigenvalue weighted by Crippen LogP contribution is -2.62. The van der Waals surface area contributed by atoms with E-state index in [1.807, 2.05) is 24.3 Å². The Hall–Kier alpha value is -2.63. The number of rotatable bonds is 6. The smallest absolute Gasteiger partial charge is 0.270 e. The first-order valence-corrected chi connectivity index (χ1v) is 11.1. The number of aromatic nitrogens is 1. The number of hydrogen-bond donors (Lipinski definition) is 2. The van der Waals surface area contributed by atoms with Crippen molar-refractivity contribution in [2.75, 3.05) is 6.61 Å². The maximum Gasteiger partial charge on any atom is 0.270 e. The van der Waals surface area contributed by atoms with Crippen molar-refractivity contribution in [2.45, 2.75) is 51.5 Å². The number of ether oxygens (including phenoxy) is 1. The molecular formula is C24H29N3O3. The van der Waals surface area contributed by atoms with Gasteiger partial charge in [-0.05, 0) is 68.4 Å². The highest BCUT2D eigenvalue weighted by Crippen LogP contribution is 2.59. The Labute approximate surface area is 176 Å². The highest BCUT2D eigenvalue weighted by atomic mass is 16.5. The van der Waals surface area contributed by atoms with Crippen molar-refractivity contribution in [1.29, 1.82) is 0 Å². The third-order valence-electron chi connectivity index (χ3n) is 7.47. The standard InChI is InChI=1S/C24H29N3O3/c1-2-8-30-19-5-3-4-15-6-7-18(26-21(15)19)22(28)27-20-16-9-14-10-17(20)13-24(11-14,12-16)23(25)29/h3-7,14,16-17,20H,2,8-13H2,1H3,(H2,25,29)(H,27,28). The van der Waals surface area contributed by atoms with E-state index >= 15 is 0 Å². The van der Waals surface area contributed by atoms with Gasteiger partial charge in [0.15, 0.2) is 0 Å². The minimum Gasteiger partial charge on any atom is -0.491 e. The summed E-state index contributed by atoms with van der Waals surface area (Å²) in [5, 5.41) is 4.22. The molecule has 6 rings (SSSR count). The summed E-state index contributed by atoms with van der Waals surface area (Å²) in [6.07, 6.45) is 5.62. The SMILES string of the molecule is CCCOc1cccc2ccc(C(=O)NC3C4CC5CC3CC(C(N)=O)(C5)C4)nc12. The Morgan fingerprint density at radius 2 is 1.93 bits per heavy atom. The number of hydrogen-bond acceptors (Lipinski definition) is 4. The van der Waals surface area contributed by atoms with Gasteiger partial charge in [0, 0.05) is 16.8 Å². The Kier molecular flexibility index (Phi) is 4.68. The van der Waals surface area contributed by atoms with Crippen molar-refractivity contribution in [1.82, 2.24) is 10.3 Å². The lowest BCUT2D eigenvalue weighted by molar-refractivity contribution is -0.145. The predicted molar refractivity (Wildman–Crippen MR) is 114 cm³/mol. The van der Waals surface area contributed by atoms with E-state index < -0.39 is 0 Å². The predicted octanol–water partition coefficient (Wildman–Crippen LogP) is 3.43. The molecule has 3 N–H and O–H groups in total. The van der Waals surface area contributed by atoms with Gasteiger partial charge in [-0.3, -0.25) is 9.59 Å². The van der Waals surface area contributed by atoms with E-state index in [4.69, 9.17) is 10.5 Å². The second-order valence-corrected chi connectivity index (χ2v) is 9.49. The van der Waals surface area contributed by atoms with Crippen LogP contribution in [0.1, 0.15) is 55.9 Å². The molecule has 158 valence electrons. The molecule has 1 aromatic heterocycles. The molecule has 30 heavy (non-hydrogen) atoms. The van der Waals surface area contributed by atoms with Gasteiger partial charge in [0.25, 0.3) is 5.91 Å². The minimum atomic E-state index is -0.343. The van der Waals surface area contributed by atoms with Crippen molar-refractivity contribution >= 4 is 22.7 Å². The lowest BCUT2D eigenvalue weighted by Gasteiger charge is -2.58. The van der Waals surface area contributed by atoms with Crippen LogP contribution >= 0.6 is 0 Å². The van der Waals surface area contributed by atoms with Gasteiger partial charge in [-0.1, -0.05) is 25.1 Å². The van der Waals surface area contributed by atoms with E-state index in [-0.39, 0.29) is 23.3 Å². The van der Waals surface area contributed by atoms with E-state index in [0.29, 0.717) is 35.8 Å². The van der Waals surface area contributed by atoms with Crippen molar-refractivity contribution in [2.24, 2.45) is 28.9 Å². The molecule has 1 aromatic carbocycles. The van der Waals surface area contributed by atoms with E-state index in [1.165, 1.54) is 0 Å². The van der Waals surface area contributed by atoms with Crippen LogP contribution in [0.2, 0.25) is 0 Å². The highest BCUT2D eigenvalue weighted by Gasteiger charge is 2.58. The molecule has 2 atom stereocenters. The summed E-state index contributed by atoms with van der Waals surface area (Å²) in [4.78, 5) is 29.9. The Bertz CT molecular complexity index is 988. The Morgan fingerprint density at radius 1 is 1.17 bits per heavy atom. The maximum absolute atomic E-state index is 13.1. The van der Waals surface area contributed by atoms with Gasteiger partial charge in [0.2, 0.25) is 5.91 Å². The molecule has 2 unspecified atom stereocenters. The van der Waals surface area contributed by atoms with Crippen LogP contribution in [0.3, 0.4) is 0 Å². The molecule has 4 aliphatic rings.